The number of nitrogens with zero attached hydrogens (tertiary/aromatic N) is 2. The van der Waals surface area contributed by atoms with Crippen LogP contribution in [-0.4, -0.2) is 9.97 Å². The molecule has 0 atom stereocenters. The minimum absolute atomic E-state index is 0.206. The zero-order chi connectivity index (χ0) is 15.8. The molecule has 1 aromatic carbocycles. The molecule has 6 heteroatoms. The first-order chi connectivity index (χ1) is 9.70. The topological polar surface area (TPSA) is 63.8 Å². The van der Waals surface area contributed by atoms with Crippen LogP contribution >= 0.6 is 23.2 Å². The molecule has 0 fully saturated rings. The Morgan fingerprint density at radius 3 is 2.19 bits per heavy atom. The maximum atomic E-state index is 6.18. The zero-order valence-corrected chi connectivity index (χ0v) is 14.0. The number of benzene rings is 1. The van der Waals surface area contributed by atoms with Crippen LogP contribution in [0.1, 0.15) is 32.2 Å². The first-order valence-electron chi connectivity index (χ1n) is 6.56. The number of hydrogen-bond acceptors (Lipinski definition) is 4. The van der Waals surface area contributed by atoms with E-state index in [1.807, 2.05) is 27.7 Å². The van der Waals surface area contributed by atoms with Crippen LogP contribution in [0.3, 0.4) is 0 Å². The Labute approximate surface area is 134 Å². The number of halogens is 2. The Morgan fingerprint density at radius 1 is 1.10 bits per heavy atom. The summed E-state index contributed by atoms with van der Waals surface area (Å²) in [5.74, 6) is 1.72. The summed E-state index contributed by atoms with van der Waals surface area (Å²) in [7, 11) is 0. The van der Waals surface area contributed by atoms with E-state index in [2.05, 4.69) is 15.3 Å². The number of aromatic nitrogens is 2. The van der Waals surface area contributed by atoms with Gasteiger partial charge in [-0.1, -0.05) is 50.0 Å². The first-order valence-corrected chi connectivity index (χ1v) is 7.31. The minimum atomic E-state index is -0.206. The number of rotatable bonds is 2. The summed E-state index contributed by atoms with van der Waals surface area (Å²) in [6.07, 6.45) is 0. The molecule has 0 aliphatic rings. The van der Waals surface area contributed by atoms with Crippen molar-refractivity contribution in [1.82, 2.24) is 9.97 Å². The summed E-state index contributed by atoms with van der Waals surface area (Å²) < 4.78 is 0. The van der Waals surface area contributed by atoms with Gasteiger partial charge in [0.1, 0.15) is 17.5 Å². The van der Waals surface area contributed by atoms with E-state index in [9.17, 15) is 0 Å². The van der Waals surface area contributed by atoms with Gasteiger partial charge in [-0.3, -0.25) is 0 Å². The number of nitrogens with one attached hydrogen (secondary N) is 1. The Morgan fingerprint density at radius 2 is 1.67 bits per heavy atom. The highest BCUT2D eigenvalue weighted by molar-refractivity contribution is 6.39. The molecule has 0 spiro atoms. The summed E-state index contributed by atoms with van der Waals surface area (Å²) in [5.41, 5.74) is 7.16. The average Bonchev–Trinajstić information content (AvgIpc) is 2.37. The highest BCUT2D eigenvalue weighted by Crippen LogP contribution is 2.34. The van der Waals surface area contributed by atoms with Gasteiger partial charge in [-0.25, -0.2) is 9.97 Å². The summed E-state index contributed by atoms with van der Waals surface area (Å²) in [4.78, 5) is 8.91. The molecule has 2 rings (SSSR count). The van der Waals surface area contributed by atoms with Crippen molar-refractivity contribution in [3.8, 4) is 0 Å². The molecule has 0 saturated carbocycles. The largest absolute Gasteiger partial charge is 0.383 e. The minimum Gasteiger partial charge on any atom is -0.383 e. The van der Waals surface area contributed by atoms with Gasteiger partial charge in [0.2, 0.25) is 0 Å². The molecule has 0 amide bonds. The van der Waals surface area contributed by atoms with E-state index in [1.54, 1.807) is 18.2 Å². The number of anilines is 3. The molecule has 0 radical (unpaired) electrons. The lowest BCUT2D eigenvalue weighted by Gasteiger charge is -2.20. The molecule has 112 valence electrons. The lowest BCUT2D eigenvalue weighted by Crippen LogP contribution is -2.19. The molecule has 0 saturated heterocycles. The molecule has 0 bridgehead atoms. The van der Waals surface area contributed by atoms with Crippen LogP contribution in [0.15, 0.2) is 18.2 Å². The number of para-hydroxylation sites is 1. The Hall–Kier alpha value is -1.52. The first kappa shape index (κ1) is 15.9. The average molecular weight is 325 g/mol. The van der Waals surface area contributed by atoms with Gasteiger partial charge in [-0.05, 0) is 19.1 Å². The molecular weight excluding hydrogens is 307 g/mol. The van der Waals surface area contributed by atoms with Gasteiger partial charge in [0, 0.05) is 11.0 Å². The van der Waals surface area contributed by atoms with E-state index in [0.29, 0.717) is 33.2 Å². The maximum absolute atomic E-state index is 6.18. The highest BCUT2D eigenvalue weighted by atomic mass is 35.5. The molecule has 3 N–H and O–H groups in total. The fraction of sp³-hybridized carbons (Fsp3) is 0.333. The third-order valence-electron chi connectivity index (χ3n) is 3.06. The van der Waals surface area contributed by atoms with Crippen LogP contribution < -0.4 is 11.1 Å². The molecule has 0 aliphatic heterocycles. The van der Waals surface area contributed by atoms with E-state index in [1.165, 1.54) is 0 Å². The van der Waals surface area contributed by atoms with E-state index in [-0.39, 0.29) is 5.41 Å². The van der Waals surface area contributed by atoms with Crippen molar-refractivity contribution in [3.05, 3.63) is 39.6 Å². The standard InChI is InChI=1S/C15H18Cl2N4/c1-8-12(18)20-14(15(2,3)4)21-13(8)19-11-9(16)6-5-7-10(11)17/h5-7H,1-4H3,(H3,18,19,20,21). The summed E-state index contributed by atoms with van der Waals surface area (Å²) in [6.45, 7) is 7.95. The van der Waals surface area contributed by atoms with Crippen LogP contribution in [0.2, 0.25) is 10.0 Å². The van der Waals surface area contributed by atoms with Crippen molar-refractivity contribution in [2.24, 2.45) is 0 Å². The van der Waals surface area contributed by atoms with Gasteiger partial charge >= 0.3 is 0 Å². The summed E-state index contributed by atoms with van der Waals surface area (Å²) >= 11 is 12.4. The highest BCUT2D eigenvalue weighted by Gasteiger charge is 2.21. The fourth-order valence-electron chi connectivity index (χ4n) is 1.73. The van der Waals surface area contributed by atoms with Gasteiger partial charge in [0.05, 0.1) is 15.7 Å². The Kier molecular flexibility index (Phi) is 4.30. The molecule has 4 nitrogen and oxygen atoms in total. The Bertz CT molecular complexity index is 658. The Balaban J connectivity index is 2.52. The van der Waals surface area contributed by atoms with E-state index >= 15 is 0 Å². The predicted molar refractivity (Wildman–Crippen MR) is 89.6 cm³/mol. The normalized spacial score (nSPS) is 11.5. The van der Waals surface area contributed by atoms with Crippen LogP contribution in [0.4, 0.5) is 17.3 Å². The zero-order valence-electron chi connectivity index (χ0n) is 12.5. The number of hydrogen-bond donors (Lipinski definition) is 2. The lowest BCUT2D eigenvalue weighted by molar-refractivity contribution is 0.546. The van der Waals surface area contributed by atoms with E-state index < -0.39 is 0 Å². The quantitative estimate of drug-likeness (QED) is 0.839. The third-order valence-corrected chi connectivity index (χ3v) is 3.69. The number of nitrogens with two attached hydrogens (primary N) is 1. The second kappa shape index (κ2) is 5.70. The van der Waals surface area contributed by atoms with Crippen LogP contribution in [-0.2, 0) is 5.41 Å². The van der Waals surface area contributed by atoms with Crippen molar-refractivity contribution >= 4 is 40.5 Å². The van der Waals surface area contributed by atoms with Crippen LogP contribution in [0.5, 0.6) is 0 Å². The van der Waals surface area contributed by atoms with Gasteiger partial charge < -0.3 is 11.1 Å². The summed E-state index contributed by atoms with van der Waals surface area (Å²) in [5, 5.41) is 4.22. The molecule has 0 aliphatic carbocycles. The van der Waals surface area contributed by atoms with Crippen molar-refractivity contribution < 1.29 is 0 Å². The molecule has 21 heavy (non-hydrogen) atoms. The van der Waals surface area contributed by atoms with Gasteiger partial charge in [0.25, 0.3) is 0 Å². The second-order valence-corrected chi connectivity index (χ2v) is 6.69. The van der Waals surface area contributed by atoms with Crippen LogP contribution in [0, 0.1) is 6.92 Å². The third kappa shape index (κ3) is 3.39. The maximum Gasteiger partial charge on any atom is 0.139 e. The smallest absolute Gasteiger partial charge is 0.139 e. The molecule has 2 aromatic rings. The van der Waals surface area contributed by atoms with E-state index in [0.717, 1.165) is 5.56 Å². The van der Waals surface area contributed by atoms with Crippen molar-refractivity contribution in [2.45, 2.75) is 33.1 Å². The fourth-order valence-corrected chi connectivity index (χ4v) is 2.22. The molecule has 0 unspecified atom stereocenters. The van der Waals surface area contributed by atoms with Crippen molar-refractivity contribution in [3.63, 3.8) is 0 Å². The van der Waals surface area contributed by atoms with Crippen molar-refractivity contribution in [2.75, 3.05) is 11.1 Å². The SMILES string of the molecule is Cc1c(N)nc(C(C)(C)C)nc1Nc1c(Cl)cccc1Cl. The monoisotopic (exact) mass is 324 g/mol. The van der Waals surface area contributed by atoms with E-state index in [4.69, 9.17) is 28.9 Å². The molecular formula is C15H18Cl2N4. The predicted octanol–water partition coefficient (Wildman–Crippen LogP) is 4.72. The molecule has 1 heterocycles. The number of nitrogen functional groups attached to an aromatic ring is 1. The van der Waals surface area contributed by atoms with Gasteiger partial charge in [0.15, 0.2) is 0 Å². The second-order valence-electron chi connectivity index (χ2n) is 5.88. The summed E-state index contributed by atoms with van der Waals surface area (Å²) in [6, 6.07) is 5.32. The lowest BCUT2D eigenvalue weighted by atomic mass is 9.95. The van der Waals surface area contributed by atoms with Gasteiger partial charge in [-0.15, -0.1) is 0 Å². The molecule has 1 aromatic heterocycles. The van der Waals surface area contributed by atoms with Gasteiger partial charge in [-0.2, -0.15) is 0 Å². The van der Waals surface area contributed by atoms with Crippen molar-refractivity contribution in [1.29, 1.82) is 0 Å². The van der Waals surface area contributed by atoms with Crippen LogP contribution in [0.25, 0.3) is 0 Å².